The van der Waals surface area contributed by atoms with Crippen LogP contribution in [0.1, 0.15) is 36.1 Å². The second-order valence-corrected chi connectivity index (χ2v) is 15.1. The molecule has 2 aromatic rings. The van der Waals surface area contributed by atoms with Crippen molar-refractivity contribution >= 4 is 36.9 Å². The Balaban J connectivity index is 1.62. The lowest BCUT2D eigenvalue weighted by molar-refractivity contribution is -0.136. The summed E-state index contributed by atoms with van der Waals surface area (Å²) in [7, 11) is -1.64. The van der Waals surface area contributed by atoms with Gasteiger partial charge in [0.25, 0.3) is 0 Å². The Hall–Kier alpha value is -1.49. The van der Waals surface area contributed by atoms with Crippen molar-refractivity contribution in [1.29, 1.82) is 0 Å². The maximum atomic E-state index is 15.8. The van der Waals surface area contributed by atoms with Gasteiger partial charge in [0.15, 0.2) is 0 Å². The first-order valence-corrected chi connectivity index (χ1v) is 15.8. The van der Waals surface area contributed by atoms with Crippen LogP contribution in [0.4, 0.5) is 4.11 Å². The zero-order valence-corrected chi connectivity index (χ0v) is 23.3. The maximum Gasteiger partial charge on any atom is 0.248 e. The average molecular weight is 598 g/mol. The number of amides is 1. The molecule has 2 aromatic carbocycles. The lowest BCUT2D eigenvalue weighted by Crippen LogP contribution is -2.50. The van der Waals surface area contributed by atoms with Crippen LogP contribution in [0.3, 0.4) is 0 Å². The van der Waals surface area contributed by atoms with E-state index >= 15 is 4.11 Å². The maximum absolute atomic E-state index is 15.8. The van der Waals surface area contributed by atoms with Gasteiger partial charge in [0, 0.05) is 40.7 Å². The monoisotopic (exact) mass is 597 g/mol. The second-order valence-electron chi connectivity index (χ2n) is 9.99. The summed E-state index contributed by atoms with van der Waals surface area (Å²) in [6.07, 6.45) is -0.0464. The minimum Gasteiger partial charge on any atom is -0.490 e. The summed E-state index contributed by atoms with van der Waals surface area (Å²) in [6, 6.07) is 13.6. The highest BCUT2D eigenvalue weighted by Crippen LogP contribution is 2.47. The highest BCUT2D eigenvalue weighted by molar-refractivity contribution is 14.1. The first kappa shape index (κ1) is 25.6. The Morgan fingerprint density at radius 1 is 1.29 bits per heavy atom. The van der Waals surface area contributed by atoms with E-state index in [1.165, 1.54) is 0 Å². The van der Waals surface area contributed by atoms with E-state index in [2.05, 4.69) is 22.6 Å². The van der Waals surface area contributed by atoms with Crippen molar-refractivity contribution < 1.29 is 23.5 Å². The number of nitrogens with zero attached hydrogens (tertiary/aromatic N) is 1. The van der Waals surface area contributed by atoms with Crippen LogP contribution < -0.4 is 4.74 Å². The molecule has 0 saturated heterocycles. The molecule has 2 heterocycles. The third-order valence-corrected chi connectivity index (χ3v) is 10.3. The van der Waals surface area contributed by atoms with E-state index in [9.17, 15) is 9.90 Å². The molecule has 1 unspecified atom stereocenters. The van der Waals surface area contributed by atoms with Gasteiger partial charge in [-0.3, -0.25) is 4.79 Å². The Morgan fingerprint density at radius 2 is 2.00 bits per heavy atom. The fourth-order valence-electron chi connectivity index (χ4n) is 5.45. The van der Waals surface area contributed by atoms with Crippen molar-refractivity contribution in [3.8, 4) is 5.75 Å². The van der Waals surface area contributed by atoms with Gasteiger partial charge >= 0.3 is 0 Å². The molecule has 2 aliphatic heterocycles. The van der Waals surface area contributed by atoms with Gasteiger partial charge in [-0.05, 0) is 71.4 Å². The molecule has 8 heteroatoms. The number of rotatable bonds is 6. The molecule has 0 radical (unpaired) electrons. The molecule has 0 spiro atoms. The fourth-order valence-corrected chi connectivity index (χ4v) is 7.77. The van der Waals surface area contributed by atoms with Crippen LogP contribution in [0.15, 0.2) is 42.5 Å². The summed E-state index contributed by atoms with van der Waals surface area (Å²) in [5.74, 6) is 0.452. The quantitative estimate of drug-likeness (QED) is 0.281. The van der Waals surface area contributed by atoms with Gasteiger partial charge in [0.1, 0.15) is 11.9 Å². The SMILES string of the molecule is CO[C@@H]1c2cc(I)ccc2O[C@H](C(CC(=O)N2Cc3ccccc3C[C@H]2CO)[Si](C)(C)F)[C@H]1C. The zero-order chi connectivity index (χ0) is 24.6. The van der Waals surface area contributed by atoms with Crippen LogP contribution in [-0.2, 0) is 22.5 Å². The Bertz CT molecular complexity index is 1050. The van der Waals surface area contributed by atoms with Crippen molar-refractivity contribution in [2.45, 2.75) is 63.2 Å². The number of carbonyl (C=O) groups is 1. The highest BCUT2D eigenvalue weighted by Gasteiger charge is 2.49. The summed E-state index contributed by atoms with van der Waals surface area (Å²) in [6.45, 7) is 5.65. The normalized spacial score (nSPS) is 25.2. The van der Waals surface area contributed by atoms with Gasteiger partial charge in [0.05, 0.1) is 18.8 Å². The number of aliphatic hydroxyl groups excluding tert-OH is 1. The number of aliphatic hydroxyl groups is 1. The van der Waals surface area contributed by atoms with E-state index in [1.54, 1.807) is 25.1 Å². The number of methoxy groups -OCH3 is 1. The van der Waals surface area contributed by atoms with Crippen LogP contribution in [0.25, 0.3) is 0 Å². The molecular formula is C26H33FINO4Si. The lowest BCUT2D eigenvalue weighted by Gasteiger charge is -2.44. The molecular weight excluding hydrogens is 564 g/mol. The third kappa shape index (κ3) is 5.05. The lowest BCUT2D eigenvalue weighted by atomic mass is 9.86. The number of hydrogen-bond acceptors (Lipinski definition) is 4. The van der Waals surface area contributed by atoms with E-state index in [4.69, 9.17) is 9.47 Å². The number of hydrogen-bond donors (Lipinski definition) is 1. The van der Waals surface area contributed by atoms with Gasteiger partial charge in [-0.15, -0.1) is 0 Å². The molecule has 0 aromatic heterocycles. The van der Waals surface area contributed by atoms with Crippen LogP contribution in [-0.4, -0.2) is 50.2 Å². The number of benzene rings is 2. The minimum atomic E-state index is -3.31. The first-order valence-electron chi connectivity index (χ1n) is 11.8. The van der Waals surface area contributed by atoms with Crippen molar-refractivity contribution in [2.24, 2.45) is 5.92 Å². The molecule has 1 N–H and O–H groups in total. The zero-order valence-electron chi connectivity index (χ0n) is 20.1. The summed E-state index contributed by atoms with van der Waals surface area (Å²) in [4.78, 5) is 15.3. The second kappa shape index (κ2) is 10.2. The van der Waals surface area contributed by atoms with Crippen LogP contribution in [0, 0.1) is 9.49 Å². The van der Waals surface area contributed by atoms with E-state index in [-0.39, 0.29) is 37.0 Å². The Labute approximate surface area is 216 Å². The van der Waals surface area contributed by atoms with Gasteiger partial charge in [0.2, 0.25) is 14.3 Å². The van der Waals surface area contributed by atoms with Gasteiger partial charge < -0.3 is 23.6 Å². The third-order valence-electron chi connectivity index (χ3n) is 7.35. The van der Waals surface area contributed by atoms with E-state index in [0.29, 0.717) is 18.7 Å². The molecule has 184 valence electrons. The molecule has 0 fully saturated rings. The summed E-state index contributed by atoms with van der Waals surface area (Å²) in [5, 5.41) is 10.0. The number of carbonyl (C=O) groups excluding carboxylic acids is 1. The van der Waals surface area contributed by atoms with Crippen molar-refractivity contribution in [3.05, 3.63) is 62.7 Å². The number of halogens is 2. The van der Waals surface area contributed by atoms with E-state index in [1.807, 2.05) is 49.4 Å². The molecule has 34 heavy (non-hydrogen) atoms. The predicted octanol–water partition coefficient (Wildman–Crippen LogP) is 5.26. The van der Waals surface area contributed by atoms with Crippen molar-refractivity contribution in [1.82, 2.24) is 4.90 Å². The topological polar surface area (TPSA) is 59.0 Å². The standard InChI is InChI=1S/C26H33FINO4Si/c1-16-25(32-2)21-12-19(28)9-10-22(21)33-26(16)23(34(3,4)27)13-24(31)29-14-18-8-6-5-7-17(18)11-20(29)15-30/h5-10,12,16,20,23,25-26,30H,11,13-15H2,1-4H3/t16-,20-,23?,25-,26-/m0/s1. The molecule has 2 aliphatic rings. The van der Waals surface area contributed by atoms with Gasteiger partial charge in [-0.1, -0.05) is 31.2 Å². The van der Waals surface area contributed by atoms with E-state index in [0.717, 1.165) is 20.3 Å². The molecule has 5 nitrogen and oxygen atoms in total. The molecule has 0 aliphatic carbocycles. The summed E-state index contributed by atoms with van der Waals surface area (Å²) >= 11 is 2.26. The highest BCUT2D eigenvalue weighted by atomic mass is 127. The average Bonchev–Trinajstić information content (AvgIpc) is 2.80. The van der Waals surface area contributed by atoms with Gasteiger partial charge in [-0.25, -0.2) is 0 Å². The smallest absolute Gasteiger partial charge is 0.248 e. The van der Waals surface area contributed by atoms with Gasteiger partial charge in [-0.2, -0.15) is 0 Å². The molecule has 0 bridgehead atoms. The van der Waals surface area contributed by atoms with E-state index < -0.39 is 20.1 Å². The molecule has 0 saturated carbocycles. The fraction of sp³-hybridized carbons (Fsp3) is 0.500. The number of fused-ring (bicyclic) bond motifs is 2. The molecule has 1 amide bonds. The Kier molecular flexibility index (Phi) is 7.71. The van der Waals surface area contributed by atoms with Crippen LogP contribution >= 0.6 is 22.6 Å². The number of ether oxygens (including phenoxy) is 2. The van der Waals surface area contributed by atoms with Crippen molar-refractivity contribution in [2.75, 3.05) is 13.7 Å². The molecule has 4 rings (SSSR count). The minimum absolute atomic E-state index is 0.0551. The summed E-state index contributed by atoms with van der Waals surface area (Å²) < 4.78 is 29.2. The van der Waals surface area contributed by atoms with Crippen LogP contribution in [0.2, 0.25) is 18.6 Å². The van der Waals surface area contributed by atoms with Crippen LogP contribution in [0.5, 0.6) is 5.75 Å². The Morgan fingerprint density at radius 3 is 2.65 bits per heavy atom. The first-order chi connectivity index (χ1) is 16.1. The van der Waals surface area contributed by atoms with Crippen molar-refractivity contribution in [3.63, 3.8) is 0 Å². The molecule has 5 atom stereocenters. The summed E-state index contributed by atoms with van der Waals surface area (Å²) in [5.41, 5.74) is 2.66. The predicted molar refractivity (Wildman–Crippen MR) is 141 cm³/mol. The largest absolute Gasteiger partial charge is 0.490 e.